The van der Waals surface area contributed by atoms with Crippen molar-refractivity contribution in [2.75, 3.05) is 26.3 Å². The highest BCUT2D eigenvalue weighted by Gasteiger charge is 2.05. The fraction of sp³-hybridized carbons (Fsp3) is 0.500. The van der Waals surface area contributed by atoms with Gasteiger partial charge in [0, 0.05) is 12.2 Å². The Balaban J connectivity index is 1.92. The number of nitrogens with zero attached hydrogens (tertiary/aromatic N) is 2. The molecule has 4 heteroatoms. The van der Waals surface area contributed by atoms with Crippen LogP contribution in [0.15, 0.2) is 22.1 Å². The number of ether oxygens (including phenoxy) is 2. The molecule has 2 rings (SSSR count). The van der Waals surface area contributed by atoms with E-state index in [0.29, 0.717) is 25.0 Å². The van der Waals surface area contributed by atoms with Crippen LogP contribution in [0.1, 0.15) is 0 Å². The molecule has 0 aliphatic carbocycles. The van der Waals surface area contributed by atoms with Crippen LogP contribution in [0.3, 0.4) is 0 Å². The van der Waals surface area contributed by atoms with E-state index in [4.69, 9.17) is 9.47 Å². The maximum atomic E-state index is 5.17. The molecule has 0 saturated heterocycles. The monoisotopic (exact) mass is 166 g/mol. The molecule has 0 amide bonds. The molecule has 2 heterocycles. The molecule has 64 valence electrons. The Morgan fingerprint density at radius 3 is 1.75 bits per heavy atom. The van der Waals surface area contributed by atoms with Crippen LogP contribution in [0.5, 0.6) is 0 Å². The second-order valence-corrected chi connectivity index (χ2v) is 2.47. The van der Waals surface area contributed by atoms with Crippen molar-refractivity contribution < 1.29 is 9.47 Å². The predicted octanol–water partition coefficient (Wildman–Crippen LogP) is 0.400. The Bertz CT molecular complexity index is 230. The SMILES string of the molecule is C(=C\C1=NCCO1)/C1=NCCO1. The molecule has 0 aromatic rings. The second-order valence-electron chi connectivity index (χ2n) is 2.47. The Kier molecular flexibility index (Phi) is 2.07. The Morgan fingerprint density at radius 1 is 0.917 bits per heavy atom. The van der Waals surface area contributed by atoms with E-state index < -0.39 is 0 Å². The third-order valence-electron chi connectivity index (χ3n) is 1.59. The minimum absolute atomic E-state index is 0.674. The predicted molar refractivity (Wildman–Crippen MR) is 45.6 cm³/mol. The van der Waals surface area contributed by atoms with Crippen LogP contribution in [-0.2, 0) is 9.47 Å². The fourth-order valence-electron chi connectivity index (χ4n) is 1.05. The Labute approximate surface area is 70.6 Å². The van der Waals surface area contributed by atoms with Crippen molar-refractivity contribution in [2.24, 2.45) is 9.98 Å². The van der Waals surface area contributed by atoms with Crippen LogP contribution in [-0.4, -0.2) is 38.1 Å². The molecule has 0 bridgehead atoms. The molecule has 2 aliphatic rings. The lowest BCUT2D eigenvalue weighted by atomic mass is 10.5. The third-order valence-corrected chi connectivity index (χ3v) is 1.59. The molecular formula is C8H10N2O2. The molecule has 0 aromatic heterocycles. The first kappa shape index (κ1) is 7.34. The molecule has 0 aromatic carbocycles. The minimum Gasteiger partial charge on any atom is -0.476 e. The van der Waals surface area contributed by atoms with Crippen LogP contribution in [0.25, 0.3) is 0 Å². The van der Waals surface area contributed by atoms with Gasteiger partial charge in [-0.3, -0.25) is 0 Å². The zero-order chi connectivity index (χ0) is 8.23. The zero-order valence-electron chi connectivity index (χ0n) is 6.69. The highest BCUT2D eigenvalue weighted by atomic mass is 16.5. The molecule has 12 heavy (non-hydrogen) atoms. The second kappa shape index (κ2) is 3.38. The summed E-state index contributed by atoms with van der Waals surface area (Å²) in [6, 6.07) is 0. The first-order chi connectivity index (χ1) is 5.95. The average Bonchev–Trinajstić information content (AvgIpc) is 2.74. The van der Waals surface area contributed by atoms with Gasteiger partial charge >= 0.3 is 0 Å². The van der Waals surface area contributed by atoms with Gasteiger partial charge in [-0.1, -0.05) is 0 Å². The van der Waals surface area contributed by atoms with Gasteiger partial charge in [-0.05, 0) is 0 Å². The lowest BCUT2D eigenvalue weighted by molar-refractivity contribution is 0.347. The highest BCUT2D eigenvalue weighted by molar-refractivity contribution is 5.97. The summed E-state index contributed by atoms with van der Waals surface area (Å²) < 4.78 is 10.3. The van der Waals surface area contributed by atoms with Crippen LogP contribution >= 0.6 is 0 Å². The van der Waals surface area contributed by atoms with E-state index in [-0.39, 0.29) is 0 Å². The average molecular weight is 166 g/mol. The van der Waals surface area contributed by atoms with Crippen LogP contribution in [0, 0.1) is 0 Å². The van der Waals surface area contributed by atoms with Gasteiger partial charge in [-0.25, -0.2) is 9.98 Å². The number of aliphatic imine (C=N–C) groups is 2. The van der Waals surface area contributed by atoms with Crippen molar-refractivity contribution in [2.45, 2.75) is 0 Å². The van der Waals surface area contributed by atoms with Crippen LogP contribution in [0.2, 0.25) is 0 Å². The van der Waals surface area contributed by atoms with Gasteiger partial charge in [0.25, 0.3) is 0 Å². The van der Waals surface area contributed by atoms with E-state index in [2.05, 4.69) is 9.98 Å². The zero-order valence-corrected chi connectivity index (χ0v) is 6.69. The van der Waals surface area contributed by atoms with Crippen molar-refractivity contribution in [1.29, 1.82) is 0 Å². The molecule has 0 atom stereocenters. The minimum atomic E-state index is 0.674. The quantitative estimate of drug-likeness (QED) is 0.596. The van der Waals surface area contributed by atoms with E-state index in [0.717, 1.165) is 13.1 Å². The summed E-state index contributed by atoms with van der Waals surface area (Å²) in [5.74, 6) is 1.35. The van der Waals surface area contributed by atoms with Crippen LogP contribution in [0.4, 0.5) is 0 Å². The number of hydrogen-bond acceptors (Lipinski definition) is 4. The lowest BCUT2D eigenvalue weighted by Gasteiger charge is -1.94. The number of rotatable bonds is 2. The molecule has 0 radical (unpaired) electrons. The normalized spacial score (nSPS) is 22.0. The Morgan fingerprint density at radius 2 is 1.42 bits per heavy atom. The molecule has 0 saturated carbocycles. The summed E-state index contributed by atoms with van der Waals surface area (Å²) in [6.45, 7) is 2.89. The maximum absolute atomic E-state index is 5.17. The summed E-state index contributed by atoms with van der Waals surface area (Å²) in [4.78, 5) is 8.19. The molecule has 4 nitrogen and oxygen atoms in total. The highest BCUT2D eigenvalue weighted by Crippen LogP contribution is 1.99. The van der Waals surface area contributed by atoms with E-state index in [1.54, 1.807) is 12.2 Å². The molecule has 0 spiro atoms. The first-order valence-corrected chi connectivity index (χ1v) is 3.98. The summed E-state index contributed by atoms with van der Waals surface area (Å²) in [7, 11) is 0. The van der Waals surface area contributed by atoms with Gasteiger partial charge in [0.2, 0.25) is 11.8 Å². The van der Waals surface area contributed by atoms with Crippen molar-refractivity contribution in [1.82, 2.24) is 0 Å². The van der Waals surface area contributed by atoms with Gasteiger partial charge in [0.15, 0.2) is 0 Å². The van der Waals surface area contributed by atoms with E-state index in [9.17, 15) is 0 Å². The van der Waals surface area contributed by atoms with Gasteiger partial charge in [0.1, 0.15) is 13.2 Å². The van der Waals surface area contributed by atoms with Crippen molar-refractivity contribution in [3.05, 3.63) is 12.2 Å². The summed E-state index contributed by atoms with van der Waals surface area (Å²) >= 11 is 0. The summed E-state index contributed by atoms with van der Waals surface area (Å²) in [5.41, 5.74) is 0. The standard InChI is InChI=1S/C8H10N2O2/c1(7-9-3-5-11-7)2-8-10-4-6-12-8/h1-2H,3-6H2/b2-1+. The lowest BCUT2D eigenvalue weighted by Crippen LogP contribution is -1.97. The van der Waals surface area contributed by atoms with Crippen molar-refractivity contribution >= 4 is 11.8 Å². The van der Waals surface area contributed by atoms with Crippen LogP contribution < -0.4 is 0 Å². The molecule has 2 aliphatic heterocycles. The van der Waals surface area contributed by atoms with E-state index in [1.807, 2.05) is 0 Å². The van der Waals surface area contributed by atoms with Crippen molar-refractivity contribution in [3.8, 4) is 0 Å². The summed E-state index contributed by atoms with van der Waals surface area (Å²) in [6.07, 6.45) is 3.58. The number of hydrogen-bond donors (Lipinski definition) is 0. The van der Waals surface area contributed by atoms with Gasteiger partial charge in [0.05, 0.1) is 13.1 Å². The maximum Gasteiger partial charge on any atom is 0.208 e. The van der Waals surface area contributed by atoms with E-state index in [1.165, 1.54) is 0 Å². The van der Waals surface area contributed by atoms with Gasteiger partial charge in [-0.2, -0.15) is 0 Å². The summed E-state index contributed by atoms with van der Waals surface area (Å²) in [5, 5.41) is 0. The smallest absolute Gasteiger partial charge is 0.208 e. The third kappa shape index (κ3) is 1.64. The van der Waals surface area contributed by atoms with E-state index >= 15 is 0 Å². The Hall–Kier alpha value is -1.32. The largest absolute Gasteiger partial charge is 0.476 e. The topological polar surface area (TPSA) is 43.2 Å². The molecule has 0 N–H and O–H groups in total. The van der Waals surface area contributed by atoms with Gasteiger partial charge in [-0.15, -0.1) is 0 Å². The first-order valence-electron chi connectivity index (χ1n) is 3.98. The fourth-order valence-corrected chi connectivity index (χ4v) is 1.05. The van der Waals surface area contributed by atoms with Crippen molar-refractivity contribution in [3.63, 3.8) is 0 Å². The molecular weight excluding hydrogens is 156 g/mol. The molecule has 0 unspecified atom stereocenters. The molecule has 0 fully saturated rings. The van der Waals surface area contributed by atoms with Gasteiger partial charge < -0.3 is 9.47 Å².